The van der Waals surface area contributed by atoms with Crippen molar-refractivity contribution >= 4 is 28.1 Å². The molecule has 0 fully saturated rings. The van der Waals surface area contributed by atoms with Gasteiger partial charge >= 0.3 is 0 Å². The number of rotatable bonds is 6. The maximum Gasteiger partial charge on any atom is 0.258 e. The SMILES string of the molecule is CC(C)(C)c1ccc(OCc2nnc(SCc3cc(=O)n4ccsc4n3)n2N)cc1. The summed E-state index contributed by atoms with van der Waals surface area (Å²) in [6.45, 7) is 6.72. The topological polar surface area (TPSA) is 100 Å². The summed E-state index contributed by atoms with van der Waals surface area (Å²) in [5, 5.41) is 10.6. The van der Waals surface area contributed by atoms with Gasteiger partial charge in [-0.15, -0.1) is 21.5 Å². The number of fused-ring (bicyclic) bond motifs is 1. The summed E-state index contributed by atoms with van der Waals surface area (Å²) in [6, 6.07) is 9.53. The van der Waals surface area contributed by atoms with Crippen molar-refractivity contribution in [3.63, 3.8) is 0 Å². The minimum absolute atomic E-state index is 0.0938. The van der Waals surface area contributed by atoms with Crippen LogP contribution in [0, 0.1) is 0 Å². The highest BCUT2D eigenvalue weighted by atomic mass is 32.2. The second-order valence-electron chi connectivity index (χ2n) is 7.76. The molecule has 0 bridgehead atoms. The predicted molar refractivity (Wildman–Crippen MR) is 119 cm³/mol. The first kappa shape index (κ1) is 20.4. The average molecular weight is 443 g/mol. The standard InChI is InChI=1S/C20H22N6O2S2/c1-20(2,3)13-4-6-15(7-5-13)28-11-16-23-24-19(26(16)21)30-12-14-10-17(27)25-8-9-29-18(25)22-14/h4-10H,11-12,21H2,1-3H3. The maximum absolute atomic E-state index is 12.1. The first-order valence-electron chi connectivity index (χ1n) is 9.32. The molecule has 0 radical (unpaired) electrons. The van der Waals surface area contributed by atoms with Crippen LogP contribution in [-0.2, 0) is 17.8 Å². The van der Waals surface area contributed by atoms with E-state index < -0.39 is 0 Å². The summed E-state index contributed by atoms with van der Waals surface area (Å²) >= 11 is 2.79. The molecular formula is C20H22N6O2S2. The van der Waals surface area contributed by atoms with Crippen molar-refractivity contribution < 1.29 is 4.74 Å². The van der Waals surface area contributed by atoms with Crippen LogP contribution >= 0.6 is 23.1 Å². The molecule has 1 aromatic carbocycles. The lowest BCUT2D eigenvalue weighted by Gasteiger charge is -2.19. The van der Waals surface area contributed by atoms with Crippen molar-refractivity contribution in [3.8, 4) is 5.75 Å². The van der Waals surface area contributed by atoms with Gasteiger partial charge < -0.3 is 10.6 Å². The third-order valence-electron chi connectivity index (χ3n) is 4.53. The van der Waals surface area contributed by atoms with E-state index in [0.717, 1.165) is 5.75 Å². The molecule has 3 heterocycles. The first-order chi connectivity index (χ1) is 14.3. The number of hydrogen-bond donors (Lipinski definition) is 1. The summed E-state index contributed by atoms with van der Waals surface area (Å²) in [4.78, 5) is 17.2. The van der Waals surface area contributed by atoms with E-state index in [0.29, 0.717) is 27.4 Å². The minimum Gasteiger partial charge on any atom is -0.486 e. The summed E-state index contributed by atoms with van der Waals surface area (Å²) in [5.41, 5.74) is 1.91. The number of thiazole rings is 1. The summed E-state index contributed by atoms with van der Waals surface area (Å²) in [6.07, 6.45) is 1.71. The molecule has 3 aromatic heterocycles. The van der Waals surface area contributed by atoms with Crippen LogP contribution in [0.1, 0.15) is 37.9 Å². The Hall–Kier alpha value is -2.85. The number of benzene rings is 1. The maximum atomic E-state index is 12.1. The third kappa shape index (κ3) is 4.34. The van der Waals surface area contributed by atoms with Crippen LogP contribution in [0.2, 0.25) is 0 Å². The molecule has 8 nitrogen and oxygen atoms in total. The Morgan fingerprint density at radius 2 is 1.97 bits per heavy atom. The van der Waals surface area contributed by atoms with Crippen LogP contribution in [0.4, 0.5) is 0 Å². The zero-order valence-corrected chi connectivity index (χ0v) is 18.5. The van der Waals surface area contributed by atoms with E-state index in [4.69, 9.17) is 10.6 Å². The van der Waals surface area contributed by atoms with Crippen molar-refractivity contribution in [1.29, 1.82) is 0 Å². The lowest BCUT2D eigenvalue weighted by atomic mass is 9.87. The zero-order chi connectivity index (χ0) is 21.3. The number of nitrogens with two attached hydrogens (primary N) is 1. The van der Waals surface area contributed by atoms with E-state index in [2.05, 4.69) is 48.1 Å². The van der Waals surface area contributed by atoms with Gasteiger partial charge in [0.1, 0.15) is 12.4 Å². The van der Waals surface area contributed by atoms with E-state index in [9.17, 15) is 4.79 Å². The fourth-order valence-electron chi connectivity index (χ4n) is 2.80. The van der Waals surface area contributed by atoms with Crippen LogP contribution < -0.4 is 16.1 Å². The van der Waals surface area contributed by atoms with Crippen LogP contribution in [0.3, 0.4) is 0 Å². The highest BCUT2D eigenvalue weighted by Gasteiger charge is 2.14. The second-order valence-corrected chi connectivity index (χ2v) is 9.58. The molecule has 0 aliphatic heterocycles. The first-order valence-corrected chi connectivity index (χ1v) is 11.2. The summed E-state index contributed by atoms with van der Waals surface area (Å²) in [5.74, 6) is 7.85. The number of aromatic nitrogens is 5. The van der Waals surface area contributed by atoms with Crippen molar-refractivity contribution in [3.05, 3.63) is 69.3 Å². The van der Waals surface area contributed by atoms with Crippen molar-refractivity contribution in [2.24, 2.45) is 0 Å². The predicted octanol–water partition coefficient (Wildman–Crippen LogP) is 3.23. The molecule has 0 saturated carbocycles. The molecule has 2 N–H and O–H groups in total. The van der Waals surface area contributed by atoms with Crippen molar-refractivity contribution in [1.82, 2.24) is 24.3 Å². The Balaban J connectivity index is 1.39. The van der Waals surface area contributed by atoms with Crippen LogP contribution in [0.25, 0.3) is 4.96 Å². The molecule has 0 atom stereocenters. The van der Waals surface area contributed by atoms with E-state index >= 15 is 0 Å². The van der Waals surface area contributed by atoms with Gasteiger partial charge in [0.05, 0.1) is 5.69 Å². The molecule has 0 amide bonds. The van der Waals surface area contributed by atoms with Gasteiger partial charge in [-0.1, -0.05) is 44.7 Å². The lowest BCUT2D eigenvalue weighted by molar-refractivity contribution is 0.291. The van der Waals surface area contributed by atoms with Gasteiger partial charge in [0.2, 0.25) is 5.16 Å². The van der Waals surface area contributed by atoms with Gasteiger partial charge in [-0.05, 0) is 23.1 Å². The van der Waals surface area contributed by atoms with E-state index in [-0.39, 0.29) is 17.6 Å². The van der Waals surface area contributed by atoms with Gasteiger partial charge in [-0.25, -0.2) is 9.66 Å². The van der Waals surface area contributed by atoms with Crippen LogP contribution in [0.5, 0.6) is 5.75 Å². The Morgan fingerprint density at radius 3 is 2.70 bits per heavy atom. The molecule has 10 heteroatoms. The van der Waals surface area contributed by atoms with Gasteiger partial charge in [-0.2, -0.15) is 0 Å². The molecule has 0 spiro atoms. The Labute approximate surface area is 181 Å². The quantitative estimate of drug-likeness (QED) is 0.361. The number of nitrogen functional groups attached to an aromatic ring is 1. The smallest absolute Gasteiger partial charge is 0.258 e. The van der Waals surface area contributed by atoms with Gasteiger partial charge in [0, 0.05) is 23.4 Å². The molecule has 0 unspecified atom stereocenters. The van der Waals surface area contributed by atoms with Crippen LogP contribution in [0.15, 0.2) is 51.9 Å². The third-order valence-corrected chi connectivity index (χ3v) is 6.26. The monoisotopic (exact) mass is 442 g/mol. The molecule has 0 saturated heterocycles. The Kier molecular flexibility index (Phi) is 5.52. The number of nitrogens with zero attached hydrogens (tertiary/aromatic N) is 5. The van der Waals surface area contributed by atoms with Gasteiger partial charge in [-0.3, -0.25) is 9.20 Å². The van der Waals surface area contributed by atoms with Crippen LogP contribution in [-0.4, -0.2) is 24.3 Å². The molecular weight excluding hydrogens is 420 g/mol. The molecule has 156 valence electrons. The number of thioether (sulfide) groups is 1. The fraction of sp³-hybridized carbons (Fsp3) is 0.300. The highest BCUT2D eigenvalue weighted by molar-refractivity contribution is 7.98. The average Bonchev–Trinajstić information content (AvgIpc) is 3.31. The molecule has 0 aliphatic carbocycles. The Bertz CT molecular complexity index is 1220. The fourth-order valence-corrected chi connectivity index (χ4v) is 4.31. The molecule has 4 aromatic rings. The van der Waals surface area contributed by atoms with Crippen molar-refractivity contribution in [2.45, 2.75) is 43.7 Å². The van der Waals surface area contributed by atoms with E-state index in [1.807, 2.05) is 17.5 Å². The lowest BCUT2D eigenvalue weighted by Crippen LogP contribution is -2.16. The largest absolute Gasteiger partial charge is 0.486 e. The number of ether oxygens (including phenoxy) is 1. The zero-order valence-electron chi connectivity index (χ0n) is 16.9. The van der Waals surface area contributed by atoms with Crippen molar-refractivity contribution in [2.75, 3.05) is 5.84 Å². The summed E-state index contributed by atoms with van der Waals surface area (Å²) in [7, 11) is 0. The summed E-state index contributed by atoms with van der Waals surface area (Å²) < 4.78 is 8.73. The van der Waals surface area contributed by atoms with Gasteiger partial charge in [0.25, 0.3) is 5.56 Å². The molecule has 4 rings (SSSR count). The Morgan fingerprint density at radius 1 is 1.20 bits per heavy atom. The van der Waals surface area contributed by atoms with E-state index in [1.165, 1.54) is 43.8 Å². The number of hydrogen-bond acceptors (Lipinski definition) is 8. The normalized spacial score (nSPS) is 11.8. The minimum atomic E-state index is -0.0994. The van der Waals surface area contributed by atoms with E-state index in [1.54, 1.807) is 6.20 Å². The van der Waals surface area contributed by atoms with Gasteiger partial charge in [0.15, 0.2) is 10.8 Å². The molecule has 0 aliphatic rings. The second kappa shape index (κ2) is 8.11. The highest BCUT2D eigenvalue weighted by Crippen LogP contribution is 2.25. The molecule has 30 heavy (non-hydrogen) atoms.